The van der Waals surface area contributed by atoms with Gasteiger partial charge in [-0.15, -0.1) is 11.8 Å². The van der Waals surface area contributed by atoms with Gasteiger partial charge in [-0.1, -0.05) is 11.6 Å². The van der Waals surface area contributed by atoms with Crippen LogP contribution in [-0.4, -0.2) is 67.3 Å². The fourth-order valence-corrected chi connectivity index (χ4v) is 4.47. The molecular weight excluding hydrogens is 412 g/mol. The highest BCUT2D eigenvalue weighted by molar-refractivity contribution is 8.00. The van der Waals surface area contributed by atoms with Crippen molar-refractivity contribution < 1.29 is 29.0 Å². The number of β-lactam (4-membered cyclic amide) rings is 1. The summed E-state index contributed by atoms with van der Waals surface area (Å²) < 4.78 is 6.37. The number of carbonyl (C=O) groups excluding carboxylic acids is 3. The minimum atomic E-state index is -1.30. The maximum absolute atomic E-state index is 12.5. The number of hydrogen-bond acceptors (Lipinski definition) is 7. The number of carboxylic acids is 1. The second-order valence-electron chi connectivity index (χ2n) is 6.08. The molecule has 0 saturated carbocycles. The number of rotatable bonds is 6. The molecule has 0 aromatic carbocycles. The molecule has 150 valence electrons. The molecule has 2 N–H and O–H groups in total. The maximum atomic E-state index is 12.5. The zero-order chi connectivity index (χ0) is 20.6. The Balaban J connectivity index is 1.76. The molecule has 1 fully saturated rings. The second kappa shape index (κ2) is 7.84. The van der Waals surface area contributed by atoms with Crippen molar-refractivity contribution in [1.29, 1.82) is 0 Å². The van der Waals surface area contributed by atoms with Crippen molar-refractivity contribution in [3.05, 3.63) is 28.2 Å². The number of carboxylic acid groups (broad SMARTS) is 1. The van der Waals surface area contributed by atoms with Crippen LogP contribution >= 0.6 is 23.4 Å². The molecule has 10 nitrogen and oxygen atoms in total. The van der Waals surface area contributed by atoms with Crippen molar-refractivity contribution in [2.45, 2.75) is 31.8 Å². The van der Waals surface area contributed by atoms with E-state index in [1.165, 1.54) is 29.6 Å². The number of hydrogen-bond donors (Lipinski definition) is 2. The molecule has 2 atom stereocenters. The van der Waals surface area contributed by atoms with Crippen LogP contribution in [-0.2, 0) is 25.7 Å². The van der Waals surface area contributed by atoms with Crippen molar-refractivity contribution in [2.75, 3.05) is 12.4 Å². The number of ether oxygens (including phenoxy) is 1. The van der Waals surface area contributed by atoms with Gasteiger partial charge in [-0.3, -0.25) is 24.0 Å². The van der Waals surface area contributed by atoms with Gasteiger partial charge in [0.05, 0.1) is 5.02 Å². The number of amides is 2. The Morgan fingerprint density at radius 3 is 2.75 bits per heavy atom. The van der Waals surface area contributed by atoms with Crippen LogP contribution in [0.5, 0.6) is 0 Å². The maximum Gasteiger partial charge on any atom is 0.352 e. The van der Waals surface area contributed by atoms with Gasteiger partial charge in [0.15, 0.2) is 5.69 Å². The third-order valence-corrected chi connectivity index (χ3v) is 5.86. The van der Waals surface area contributed by atoms with Gasteiger partial charge < -0.3 is 15.2 Å². The molecule has 28 heavy (non-hydrogen) atoms. The molecule has 1 saturated heterocycles. The molecule has 2 aliphatic heterocycles. The predicted octanol–water partition coefficient (Wildman–Crippen LogP) is 0.472. The van der Waals surface area contributed by atoms with Crippen molar-refractivity contribution in [3.8, 4) is 0 Å². The molecule has 1 aromatic rings. The molecule has 3 heterocycles. The number of fused-ring (bicyclic) bond motifs is 1. The van der Waals surface area contributed by atoms with E-state index >= 15 is 0 Å². The first-order valence-corrected chi connectivity index (χ1v) is 9.74. The van der Waals surface area contributed by atoms with Crippen LogP contribution < -0.4 is 5.32 Å². The average molecular weight is 429 g/mol. The van der Waals surface area contributed by atoms with Crippen LogP contribution in [0.15, 0.2) is 17.5 Å². The van der Waals surface area contributed by atoms with Gasteiger partial charge in [0.1, 0.15) is 23.7 Å². The third-order valence-electron chi connectivity index (χ3n) is 4.24. The Morgan fingerprint density at radius 1 is 1.46 bits per heavy atom. The van der Waals surface area contributed by atoms with Crippen molar-refractivity contribution in [3.63, 3.8) is 0 Å². The zero-order valence-corrected chi connectivity index (χ0v) is 16.5. The predicted molar refractivity (Wildman–Crippen MR) is 98.6 cm³/mol. The Morgan fingerprint density at radius 2 is 2.18 bits per heavy atom. The Labute approximate surface area is 168 Å². The van der Waals surface area contributed by atoms with Gasteiger partial charge in [-0.05, 0) is 6.92 Å². The molecular formula is C16H17ClN4O6S. The monoisotopic (exact) mass is 428 g/mol. The highest BCUT2D eigenvalue weighted by atomic mass is 35.5. The van der Waals surface area contributed by atoms with Crippen molar-refractivity contribution in [1.82, 2.24) is 20.0 Å². The first-order valence-electron chi connectivity index (χ1n) is 8.31. The minimum Gasteiger partial charge on any atom is -0.477 e. The number of nitrogens with one attached hydrogen (secondary N) is 1. The van der Waals surface area contributed by atoms with E-state index in [-0.39, 0.29) is 28.8 Å². The van der Waals surface area contributed by atoms with Crippen LogP contribution in [0.1, 0.15) is 24.3 Å². The first kappa shape index (κ1) is 20.2. The molecule has 1 aromatic heterocycles. The summed E-state index contributed by atoms with van der Waals surface area (Å²) in [5, 5.41) is 15.7. The van der Waals surface area contributed by atoms with E-state index in [0.29, 0.717) is 12.1 Å². The fourth-order valence-electron chi connectivity index (χ4n) is 2.91. The van der Waals surface area contributed by atoms with Gasteiger partial charge in [0.25, 0.3) is 11.8 Å². The number of carbonyl (C=O) groups is 4. The molecule has 0 radical (unpaired) electrons. The van der Waals surface area contributed by atoms with E-state index in [1.54, 1.807) is 0 Å². The molecule has 12 heteroatoms. The van der Waals surface area contributed by atoms with Crippen LogP contribution in [0.3, 0.4) is 0 Å². The highest BCUT2D eigenvalue weighted by Gasteiger charge is 2.54. The number of esters is 1. The summed E-state index contributed by atoms with van der Waals surface area (Å²) in [6, 6.07) is -0.898. The largest absolute Gasteiger partial charge is 0.477 e. The van der Waals surface area contributed by atoms with Crippen LogP contribution in [0.25, 0.3) is 0 Å². The van der Waals surface area contributed by atoms with Crippen LogP contribution in [0.4, 0.5) is 0 Å². The quantitative estimate of drug-likeness (QED) is 0.494. The van der Waals surface area contributed by atoms with Gasteiger partial charge in [0, 0.05) is 31.0 Å². The summed E-state index contributed by atoms with van der Waals surface area (Å²) >= 11 is 7.29. The number of nitrogens with zero attached hydrogens (tertiary/aromatic N) is 3. The number of aryl methyl sites for hydroxylation is 1. The van der Waals surface area contributed by atoms with E-state index < -0.39 is 35.2 Å². The first-order chi connectivity index (χ1) is 13.2. The lowest BCUT2D eigenvalue weighted by Crippen LogP contribution is -2.70. The van der Waals surface area contributed by atoms with Crippen molar-refractivity contribution >= 4 is 47.1 Å². The lowest BCUT2D eigenvalue weighted by molar-refractivity contribution is -0.149. The van der Waals surface area contributed by atoms with Gasteiger partial charge in [0.2, 0.25) is 0 Å². The molecule has 0 unspecified atom stereocenters. The summed E-state index contributed by atoms with van der Waals surface area (Å²) in [6.45, 7) is 3.37. The summed E-state index contributed by atoms with van der Waals surface area (Å²) in [7, 11) is 0. The fraction of sp³-hybridized carbons (Fsp3) is 0.438. The third kappa shape index (κ3) is 3.59. The zero-order valence-electron chi connectivity index (χ0n) is 15.0. The Kier molecular flexibility index (Phi) is 5.66. The summed E-state index contributed by atoms with van der Waals surface area (Å²) in [4.78, 5) is 48.7. The van der Waals surface area contributed by atoms with Gasteiger partial charge in [-0.2, -0.15) is 5.10 Å². The van der Waals surface area contributed by atoms with Crippen LogP contribution in [0.2, 0.25) is 5.02 Å². The minimum absolute atomic E-state index is 0.000114. The lowest BCUT2D eigenvalue weighted by atomic mass is 10.0. The number of thioether (sulfide) groups is 1. The molecule has 2 aliphatic rings. The van der Waals surface area contributed by atoms with Crippen molar-refractivity contribution in [2.24, 2.45) is 0 Å². The van der Waals surface area contributed by atoms with E-state index in [1.807, 2.05) is 6.92 Å². The summed E-state index contributed by atoms with van der Waals surface area (Å²) in [5.41, 5.74) is 0.112. The van der Waals surface area contributed by atoms with E-state index in [4.69, 9.17) is 16.3 Å². The number of halogens is 1. The molecule has 2 amide bonds. The van der Waals surface area contributed by atoms with Gasteiger partial charge >= 0.3 is 11.9 Å². The van der Waals surface area contributed by atoms with E-state index in [2.05, 4.69) is 10.4 Å². The number of aromatic nitrogens is 2. The smallest absolute Gasteiger partial charge is 0.352 e. The molecule has 0 spiro atoms. The molecule has 3 rings (SSSR count). The molecule has 0 bridgehead atoms. The summed E-state index contributed by atoms with van der Waals surface area (Å²) in [5.74, 6) is -2.76. The number of aliphatic carboxylic acids is 1. The van der Waals surface area contributed by atoms with E-state index in [0.717, 1.165) is 4.90 Å². The average Bonchev–Trinajstić information content (AvgIpc) is 3.04. The SMILES string of the molecule is CCn1cc(Cl)c(C(=O)N[C@H]2C(=O)N3C(C(=O)O)=C(COC(C)=O)CS[C@H]23)n1. The normalized spacial score (nSPS) is 21.1. The topological polar surface area (TPSA) is 131 Å². The summed E-state index contributed by atoms with van der Waals surface area (Å²) in [6.07, 6.45) is 1.51. The Bertz CT molecular complexity index is 898. The standard InChI is InChI=1S/C16H17ClN4O6S/c1-3-20-4-9(17)10(19-20)13(23)18-11-14(24)21-12(16(25)26)8(5-27-7(2)22)6-28-15(11)21/h4,11,15H,3,5-6H2,1-2H3,(H,18,23)(H,25,26)/t11-,15+/m0/s1. The van der Waals surface area contributed by atoms with E-state index in [9.17, 15) is 24.3 Å². The molecule has 0 aliphatic carbocycles. The second-order valence-corrected chi connectivity index (χ2v) is 7.59. The Hall–Kier alpha value is -2.53. The highest BCUT2D eigenvalue weighted by Crippen LogP contribution is 2.40. The van der Waals surface area contributed by atoms with Crippen LogP contribution in [0, 0.1) is 0 Å². The van der Waals surface area contributed by atoms with Gasteiger partial charge in [-0.25, -0.2) is 4.79 Å². The lowest BCUT2D eigenvalue weighted by Gasteiger charge is -2.49.